The standard InChI is InChI=1S/C20H26N4O/c1-20(2)11-16(14-6-4-3-5-7-14)13-24(20)19(25)18-10-17(22-23-18)15-8-9-21-12-15/h3-7,10,15-16,21H,8-9,11-13H2,1-2H3,(H,22,23). The number of carbonyl (C=O) groups is 1. The zero-order valence-corrected chi connectivity index (χ0v) is 15.0. The van der Waals surface area contributed by atoms with Crippen LogP contribution in [0.25, 0.3) is 0 Å². The Morgan fingerprint density at radius 2 is 2.04 bits per heavy atom. The van der Waals surface area contributed by atoms with Crippen molar-refractivity contribution in [3.8, 4) is 0 Å². The number of amides is 1. The molecular weight excluding hydrogens is 312 g/mol. The van der Waals surface area contributed by atoms with Crippen molar-refractivity contribution in [3.63, 3.8) is 0 Å². The Labute approximate surface area is 148 Å². The molecule has 0 aliphatic carbocycles. The Morgan fingerprint density at radius 3 is 2.76 bits per heavy atom. The molecule has 5 heteroatoms. The lowest BCUT2D eigenvalue weighted by atomic mass is 9.91. The number of aromatic amines is 1. The van der Waals surface area contributed by atoms with Crippen molar-refractivity contribution in [1.29, 1.82) is 0 Å². The minimum Gasteiger partial charge on any atom is -0.331 e. The molecule has 25 heavy (non-hydrogen) atoms. The monoisotopic (exact) mass is 338 g/mol. The van der Waals surface area contributed by atoms with Gasteiger partial charge in [0.2, 0.25) is 0 Å². The highest BCUT2D eigenvalue weighted by atomic mass is 16.2. The van der Waals surface area contributed by atoms with E-state index >= 15 is 0 Å². The Balaban J connectivity index is 1.53. The summed E-state index contributed by atoms with van der Waals surface area (Å²) in [7, 11) is 0. The number of likely N-dealkylation sites (tertiary alicyclic amines) is 1. The normalized spacial score (nSPS) is 25.4. The van der Waals surface area contributed by atoms with Crippen molar-refractivity contribution < 1.29 is 4.79 Å². The molecule has 1 aromatic heterocycles. The first-order chi connectivity index (χ1) is 12.0. The predicted molar refractivity (Wildman–Crippen MR) is 97.7 cm³/mol. The Hall–Kier alpha value is -2.14. The van der Waals surface area contributed by atoms with Crippen LogP contribution in [0.5, 0.6) is 0 Å². The fourth-order valence-electron chi connectivity index (χ4n) is 4.27. The van der Waals surface area contributed by atoms with Crippen LogP contribution in [0.2, 0.25) is 0 Å². The van der Waals surface area contributed by atoms with Crippen molar-refractivity contribution >= 4 is 5.91 Å². The highest BCUT2D eigenvalue weighted by Gasteiger charge is 2.42. The van der Waals surface area contributed by atoms with E-state index in [0.717, 1.165) is 38.2 Å². The summed E-state index contributed by atoms with van der Waals surface area (Å²) < 4.78 is 0. The maximum Gasteiger partial charge on any atom is 0.274 e. The highest BCUT2D eigenvalue weighted by molar-refractivity contribution is 5.93. The highest BCUT2D eigenvalue weighted by Crippen LogP contribution is 2.39. The third-order valence-electron chi connectivity index (χ3n) is 5.71. The van der Waals surface area contributed by atoms with Crippen molar-refractivity contribution in [2.75, 3.05) is 19.6 Å². The van der Waals surface area contributed by atoms with Gasteiger partial charge in [-0.3, -0.25) is 9.89 Å². The summed E-state index contributed by atoms with van der Waals surface area (Å²) in [5, 5.41) is 10.8. The largest absolute Gasteiger partial charge is 0.331 e. The first-order valence-corrected chi connectivity index (χ1v) is 9.17. The minimum atomic E-state index is -0.161. The number of aromatic nitrogens is 2. The van der Waals surface area contributed by atoms with E-state index in [2.05, 4.69) is 53.6 Å². The number of rotatable bonds is 3. The number of nitrogens with one attached hydrogen (secondary N) is 2. The number of H-pyrrole nitrogens is 1. The molecule has 1 amide bonds. The van der Waals surface area contributed by atoms with Crippen LogP contribution in [0.15, 0.2) is 36.4 Å². The molecule has 2 aliphatic heterocycles. The molecule has 0 radical (unpaired) electrons. The van der Waals surface area contributed by atoms with E-state index in [1.54, 1.807) is 0 Å². The fraction of sp³-hybridized carbons (Fsp3) is 0.500. The Bertz CT molecular complexity index is 746. The quantitative estimate of drug-likeness (QED) is 0.905. The number of carbonyl (C=O) groups excluding carboxylic acids is 1. The van der Waals surface area contributed by atoms with Crippen LogP contribution < -0.4 is 5.32 Å². The van der Waals surface area contributed by atoms with Gasteiger partial charge in [-0.15, -0.1) is 0 Å². The molecule has 132 valence electrons. The SMILES string of the molecule is CC1(C)CC(c2ccccc2)CN1C(=O)c1cc(C2CCNC2)[nH]n1. The van der Waals surface area contributed by atoms with Gasteiger partial charge in [-0.1, -0.05) is 30.3 Å². The van der Waals surface area contributed by atoms with E-state index in [1.807, 2.05) is 17.0 Å². The van der Waals surface area contributed by atoms with Crippen LogP contribution in [-0.4, -0.2) is 46.2 Å². The van der Waals surface area contributed by atoms with Gasteiger partial charge in [-0.05, 0) is 44.9 Å². The van der Waals surface area contributed by atoms with Gasteiger partial charge in [-0.25, -0.2) is 0 Å². The zero-order valence-electron chi connectivity index (χ0n) is 15.0. The molecule has 0 bridgehead atoms. The van der Waals surface area contributed by atoms with Gasteiger partial charge in [0, 0.05) is 36.2 Å². The molecule has 4 rings (SSSR count). The van der Waals surface area contributed by atoms with Gasteiger partial charge in [0.15, 0.2) is 0 Å². The van der Waals surface area contributed by atoms with Crippen LogP contribution >= 0.6 is 0 Å². The molecular formula is C20H26N4O. The molecule has 2 atom stereocenters. The molecule has 0 spiro atoms. The number of hydrogen-bond donors (Lipinski definition) is 2. The lowest BCUT2D eigenvalue weighted by Gasteiger charge is -2.30. The molecule has 2 aliphatic rings. The number of hydrogen-bond acceptors (Lipinski definition) is 3. The zero-order chi connectivity index (χ0) is 17.4. The van der Waals surface area contributed by atoms with Crippen LogP contribution in [0.3, 0.4) is 0 Å². The fourth-order valence-corrected chi connectivity index (χ4v) is 4.27. The van der Waals surface area contributed by atoms with Crippen LogP contribution in [0.4, 0.5) is 0 Å². The van der Waals surface area contributed by atoms with E-state index in [1.165, 1.54) is 5.56 Å². The van der Waals surface area contributed by atoms with Gasteiger partial charge in [0.1, 0.15) is 5.69 Å². The summed E-state index contributed by atoms with van der Waals surface area (Å²) in [6.07, 6.45) is 2.08. The van der Waals surface area contributed by atoms with Crippen LogP contribution in [0.1, 0.15) is 60.3 Å². The van der Waals surface area contributed by atoms with Crippen molar-refractivity contribution in [2.24, 2.45) is 0 Å². The van der Waals surface area contributed by atoms with E-state index in [9.17, 15) is 4.79 Å². The van der Waals surface area contributed by atoms with Crippen molar-refractivity contribution in [1.82, 2.24) is 20.4 Å². The summed E-state index contributed by atoms with van der Waals surface area (Å²) >= 11 is 0. The molecule has 2 N–H and O–H groups in total. The first-order valence-electron chi connectivity index (χ1n) is 9.17. The van der Waals surface area contributed by atoms with Crippen LogP contribution in [-0.2, 0) is 0 Å². The second kappa shape index (κ2) is 6.30. The maximum atomic E-state index is 13.1. The molecule has 2 unspecified atom stereocenters. The summed E-state index contributed by atoms with van der Waals surface area (Å²) in [4.78, 5) is 15.1. The van der Waals surface area contributed by atoms with Gasteiger partial charge < -0.3 is 10.2 Å². The second-order valence-electron chi connectivity index (χ2n) is 7.94. The third kappa shape index (κ3) is 3.09. The molecule has 1 aromatic carbocycles. The number of nitrogens with zero attached hydrogens (tertiary/aromatic N) is 2. The molecule has 2 fully saturated rings. The van der Waals surface area contributed by atoms with Crippen molar-refractivity contribution in [3.05, 3.63) is 53.3 Å². The van der Waals surface area contributed by atoms with E-state index in [-0.39, 0.29) is 11.4 Å². The van der Waals surface area contributed by atoms with Gasteiger partial charge >= 0.3 is 0 Å². The minimum absolute atomic E-state index is 0.0388. The molecule has 2 aromatic rings. The second-order valence-corrected chi connectivity index (χ2v) is 7.94. The Morgan fingerprint density at radius 1 is 1.24 bits per heavy atom. The lowest BCUT2D eigenvalue weighted by Crippen LogP contribution is -2.42. The van der Waals surface area contributed by atoms with E-state index < -0.39 is 0 Å². The van der Waals surface area contributed by atoms with Gasteiger partial charge in [0.25, 0.3) is 5.91 Å². The molecule has 3 heterocycles. The summed E-state index contributed by atoms with van der Waals surface area (Å²) in [6, 6.07) is 12.5. The van der Waals surface area contributed by atoms with E-state index in [0.29, 0.717) is 17.5 Å². The maximum absolute atomic E-state index is 13.1. The van der Waals surface area contributed by atoms with Crippen LogP contribution in [0, 0.1) is 0 Å². The Kier molecular flexibility index (Phi) is 4.12. The molecule has 2 saturated heterocycles. The smallest absolute Gasteiger partial charge is 0.274 e. The molecule has 0 saturated carbocycles. The molecule has 5 nitrogen and oxygen atoms in total. The van der Waals surface area contributed by atoms with E-state index in [4.69, 9.17) is 0 Å². The lowest BCUT2D eigenvalue weighted by molar-refractivity contribution is 0.0645. The first kappa shape index (κ1) is 16.3. The average Bonchev–Trinajstić information content (AvgIpc) is 3.34. The summed E-state index contributed by atoms with van der Waals surface area (Å²) in [5.74, 6) is 0.868. The average molecular weight is 338 g/mol. The summed E-state index contributed by atoms with van der Waals surface area (Å²) in [6.45, 7) is 7.06. The topological polar surface area (TPSA) is 61.0 Å². The van der Waals surface area contributed by atoms with Gasteiger partial charge in [-0.2, -0.15) is 5.10 Å². The third-order valence-corrected chi connectivity index (χ3v) is 5.71. The van der Waals surface area contributed by atoms with Crippen molar-refractivity contribution in [2.45, 2.75) is 44.1 Å². The number of benzene rings is 1. The predicted octanol–water partition coefficient (Wildman–Crippen LogP) is 2.89. The summed E-state index contributed by atoms with van der Waals surface area (Å²) in [5.41, 5.74) is 2.77. The van der Waals surface area contributed by atoms with Gasteiger partial charge in [0.05, 0.1) is 0 Å².